The number of carbonyl (C=O) groups is 1. The molecule has 1 fully saturated rings. The van der Waals surface area contributed by atoms with Crippen LogP contribution in [0.1, 0.15) is 22.3 Å². The Morgan fingerprint density at radius 3 is 2.08 bits per heavy atom. The highest BCUT2D eigenvalue weighted by Gasteiger charge is 2.81. The van der Waals surface area contributed by atoms with Crippen molar-refractivity contribution in [2.75, 3.05) is 0 Å². The number of fused-ring (bicyclic) bond motifs is 2. The van der Waals surface area contributed by atoms with Crippen LogP contribution in [0, 0.1) is 12.8 Å². The Morgan fingerprint density at radius 1 is 1.04 bits per heavy atom. The molecule has 2 atom stereocenters. The summed E-state index contributed by atoms with van der Waals surface area (Å²) in [5.74, 6) is -3.08. The molecule has 3 rings (SSSR count). The van der Waals surface area contributed by atoms with Gasteiger partial charge in [0.2, 0.25) is 5.54 Å². The zero-order valence-corrected chi connectivity index (χ0v) is 12.4. The smallest absolute Gasteiger partial charge is 0.309 e. The number of nitrogens with zero attached hydrogens (tertiary/aromatic N) is 1. The molecule has 1 aromatic rings. The SMILES string of the molecule is Cc1ccc(C(=O)N2[C@@H]3C=C[C@H](C3)C2(C(F)(F)F)C(F)(F)F)cc1. The van der Waals surface area contributed by atoms with E-state index in [0.717, 1.165) is 11.6 Å². The molecule has 1 aliphatic carbocycles. The van der Waals surface area contributed by atoms with E-state index in [1.165, 1.54) is 30.3 Å². The number of alkyl halides is 6. The number of amides is 1. The highest BCUT2D eigenvalue weighted by Crippen LogP contribution is 2.60. The Labute approximate surface area is 133 Å². The van der Waals surface area contributed by atoms with Gasteiger partial charge in [0, 0.05) is 11.5 Å². The van der Waals surface area contributed by atoms with Crippen LogP contribution in [0.3, 0.4) is 0 Å². The van der Waals surface area contributed by atoms with Gasteiger partial charge < -0.3 is 4.90 Å². The molecule has 2 bridgehead atoms. The first kappa shape index (κ1) is 16.9. The molecule has 2 aliphatic rings. The molecule has 0 spiro atoms. The summed E-state index contributed by atoms with van der Waals surface area (Å²) in [7, 11) is 0. The van der Waals surface area contributed by atoms with Gasteiger partial charge in [0.1, 0.15) is 0 Å². The second-order valence-corrected chi connectivity index (χ2v) is 6.10. The Hall–Kier alpha value is -1.99. The minimum atomic E-state index is -5.63. The zero-order chi connectivity index (χ0) is 17.9. The maximum absolute atomic E-state index is 13.6. The van der Waals surface area contributed by atoms with Crippen LogP contribution < -0.4 is 0 Å². The third-order valence-corrected chi connectivity index (χ3v) is 4.69. The van der Waals surface area contributed by atoms with Gasteiger partial charge in [0.15, 0.2) is 0 Å². The van der Waals surface area contributed by atoms with E-state index >= 15 is 0 Å². The van der Waals surface area contributed by atoms with Gasteiger partial charge in [-0.1, -0.05) is 29.8 Å². The van der Waals surface area contributed by atoms with Gasteiger partial charge in [0.05, 0.1) is 6.04 Å². The lowest BCUT2D eigenvalue weighted by Crippen LogP contribution is -2.70. The van der Waals surface area contributed by atoms with Crippen LogP contribution in [0.4, 0.5) is 26.3 Å². The molecular weight excluding hydrogens is 336 g/mol. The van der Waals surface area contributed by atoms with Crippen molar-refractivity contribution in [2.45, 2.75) is 37.3 Å². The van der Waals surface area contributed by atoms with E-state index in [0.29, 0.717) is 0 Å². The summed E-state index contributed by atoms with van der Waals surface area (Å²) in [6.07, 6.45) is -9.47. The van der Waals surface area contributed by atoms with Crippen LogP contribution >= 0.6 is 0 Å². The topological polar surface area (TPSA) is 20.3 Å². The largest absolute Gasteiger partial charge is 0.421 e. The first-order valence-corrected chi connectivity index (χ1v) is 7.22. The number of halogens is 6. The molecule has 1 amide bonds. The van der Waals surface area contributed by atoms with Gasteiger partial charge in [-0.15, -0.1) is 0 Å². The predicted molar refractivity (Wildman–Crippen MR) is 73.2 cm³/mol. The third-order valence-electron chi connectivity index (χ3n) is 4.69. The Balaban J connectivity index is 2.15. The van der Waals surface area contributed by atoms with Crippen molar-refractivity contribution in [3.63, 3.8) is 0 Å². The van der Waals surface area contributed by atoms with Crippen molar-refractivity contribution < 1.29 is 31.1 Å². The van der Waals surface area contributed by atoms with E-state index in [1.54, 1.807) is 6.92 Å². The second kappa shape index (κ2) is 5.00. The zero-order valence-electron chi connectivity index (χ0n) is 12.4. The highest BCUT2D eigenvalue weighted by molar-refractivity contribution is 5.96. The average molecular weight is 349 g/mol. The van der Waals surface area contributed by atoms with E-state index in [2.05, 4.69) is 0 Å². The molecule has 1 saturated heterocycles. The van der Waals surface area contributed by atoms with Gasteiger partial charge >= 0.3 is 12.4 Å². The molecule has 1 aromatic carbocycles. The first-order valence-electron chi connectivity index (χ1n) is 7.22. The van der Waals surface area contributed by atoms with Gasteiger partial charge in [0.25, 0.3) is 5.91 Å². The Kier molecular flexibility index (Phi) is 3.51. The molecule has 0 radical (unpaired) electrons. The van der Waals surface area contributed by atoms with Crippen LogP contribution in [0.5, 0.6) is 0 Å². The van der Waals surface area contributed by atoms with Crippen LogP contribution in [-0.2, 0) is 0 Å². The number of aryl methyl sites for hydroxylation is 1. The summed E-state index contributed by atoms with van der Waals surface area (Å²) in [4.78, 5) is 12.5. The van der Waals surface area contributed by atoms with Crippen molar-refractivity contribution in [2.24, 2.45) is 5.92 Å². The van der Waals surface area contributed by atoms with Gasteiger partial charge in [-0.2, -0.15) is 26.3 Å². The quantitative estimate of drug-likeness (QED) is 0.548. The van der Waals surface area contributed by atoms with Gasteiger partial charge in [-0.3, -0.25) is 4.79 Å². The number of hydrogen-bond donors (Lipinski definition) is 0. The summed E-state index contributed by atoms with van der Waals surface area (Å²) in [6.45, 7) is 1.70. The van der Waals surface area contributed by atoms with Crippen molar-refractivity contribution >= 4 is 5.91 Å². The number of benzene rings is 1. The normalized spacial score (nSPS) is 25.4. The molecular formula is C16H13F6NO. The Bertz CT molecular complexity index is 674. The molecule has 0 saturated carbocycles. The monoisotopic (exact) mass is 349 g/mol. The van der Waals surface area contributed by atoms with Crippen LogP contribution in [0.2, 0.25) is 0 Å². The maximum atomic E-state index is 13.6. The fourth-order valence-corrected chi connectivity index (χ4v) is 3.62. The van der Waals surface area contributed by atoms with Gasteiger partial charge in [-0.25, -0.2) is 0 Å². The van der Waals surface area contributed by atoms with E-state index < -0.39 is 35.8 Å². The van der Waals surface area contributed by atoms with E-state index in [9.17, 15) is 31.1 Å². The summed E-state index contributed by atoms with van der Waals surface area (Å²) in [5, 5.41) is 0. The number of rotatable bonds is 1. The molecule has 0 unspecified atom stereocenters. The molecule has 0 N–H and O–H groups in total. The number of likely N-dealkylation sites (tertiary alicyclic amines) is 1. The fourth-order valence-electron chi connectivity index (χ4n) is 3.62. The number of carbonyl (C=O) groups excluding carboxylic acids is 1. The molecule has 130 valence electrons. The highest BCUT2D eigenvalue weighted by atomic mass is 19.4. The summed E-state index contributed by atoms with van der Waals surface area (Å²) in [6, 6.07) is 4.21. The second-order valence-electron chi connectivity index (χ2n) is 6.10. The average Bonchev–Trinajstić information content (AvgIpc) is 3.04. The minimum Gasteiger partial charge on any atom is -0.309 e. The summed E-state index contributed by atoms with van der Waals surface area (Å²) >= 11 is 0. The molecule has 0 aromatic heterocycles. The van der Waals surface area contributed by atoms with Crippen molar-refractivity contribution in [3.8, 4) is 0 Å². The van der Waals surface area contributed by atoms with E-state index in [-0.39, 0.29) is 16.9 Å². The van der Waals surface area contributed by atoms with Gasteiger partial charge in [-0.05, 0) is 25.5 Å². The van der Waals surface area contributed by atoms with Crippen LogP contribution in [0.25, 0.3) is 0 Å². The maximum Gasteiger partial charge on any atom is 0.421 e. The summed E-state index contributed by atoms with van der Waals surface area (Å²) in [5.41, 5.74) is -3.63. The fraction of sp³-hybridized carbons (Fsp3) is 0.438. The van der Waals surface area contributed by atoms with E-state index in [4.69, 9.17) is 0 Å². The molecule has 24 heavy (non-hydrogen) atoms. The lowest BCUT2D eigenvalue weighted by Gasteiger charge is -2.46. The third kappa shape index (κ3) is 2.08. The van der Waals surface area contributed by atoms with Crippen molar-refractivity contribution in [1.29, 1.82) is 0 Å². The van der Waals surface area contributed by atoms with E-state index in [1.807, 2.05) is 0 Å². The Morgan fingerprint density at radius 2 is 1.58 bits per heavy atom. The predicted octanol–water partition coefficient (Wildman–Crippen LogP) is 4.26. The molecule has 8 heteroatoms. The molecule has 1 heterocycles. The molecule has 2 nitrogen and oxygen atoms in total. The van der Waals surface area contributed by atoms with Crippen molar-refractivity contribution in [3.05, 3.63) is 47.5 Å². The lowest BCUT2D eigenvalue weighted by atomic mass is 9.83. The molecule has 1 aliphatic heterocycles. The number of hydrogen-bond acceptors (Lipinski definition) is 1. The van der Waals surface area contributed by atoms with Crippen LogP contribution in [0.15, 0.2) is 36.4 Å². The minimum absolute atomic E-state index is 0.0255. The summed E-state index contributed by atoms with van der Waals surface area (Å²) < 4.78 is 81.7. The lowest BCUT2D eigenvalue weighted by molar-refractivity contribution is -0.336. The standard InChI is InChI=1S/C16H13F6NO/c1-9-2-4-10(5-3-9)13(24)23-12-7-6-11(8-12)14(23,15(17,18)19)16(20,21)22/h2-7,11-12H,8H2,1H3/t11-,12-/m1/s1. The van der Waals surface area contributed by atoms with Crippen LogP contribution in [-0.4, -0.2) is 34.7 Å². The first-order chi connectivity index (χ1) is 11.0. The van der Waals surface area contributed by atoms with Crippen molar-refractivity contribution in [1.82, 2.24) is 4.90 Å².